The van der Waals surface area contributed by atoms with E-state index in [1.165, 1.54) is 70.3 Å². The fourth-order valence-corrected chi connectivity index (χ4v) is 4.10. The number of hydrogen-bond acceptors (Lipinski definition) is 2. The molecule has 1 aromatic rings. The molecule has 2 saturated carbocycles. The van der Waals surface area contributed by atoms with Crippen LogP contribution in [-0.2, 0) is 0 Å². The smallest absolute Gasteiger partial charge is 0.167 e. The van der Waals surface area contributed by atoms with Gasteiger partial charge in [-0.15, -0.1) is 0 Å². The van der Waals surface area contributed by atoms with Crippen LogP contribution in [0, 0.1) is 5.82 Å². The monoisotopic (exact) mass is 310 g/mol. The fraction of sp³-hybridized carbons (Fsp3) is 0.706. The fourth-order valence-electron chi connectivity index (χ4n) is 3.96. The molecule has 2 aliphatic rings. The molecule has 2 nitrogen and oxygen atoms in total. The van der Waals surface area contributed by atoms with Crippen LogP contribution < -0.4 is 4.90 Å². The van der Waals surface area contributed by atoms with E-state index < -0.39 is 0 Å². The maximum absolute atomic E-state index is 14.4. The first-order valence-electron chi connectivity index (χ1n) is 8.35. The molecule has 0 N–H and O–H groups in total. The third-order valence-corrected chi connectivity index (χ3v) is 5.18. The number of pyridine rings is 1. The normalized spacial score (nSPS) is 21.4. The molecular formula is C17H24ClFN2. The van der Waals surface area contributed by atoms with Crippen LogP contribution in [0.3, 0.4) is 0 Å². The number of anilines is 1. The van der Waals surface area contributed by atoms with E-state index in [1.54, 1.807) is 6.20 Å². The molecule has 0 aliphatic heterocycles. The quantitative estimate of drug-likeness (QED) is 0.748. The van der Waals surface area contributed by atoms with Crippen molar-refractivity contribution in [3.05, 3.63) is 23.1 Å². The number of aromatic nitrogens is 1. The van der Waals surface area contributed by atoms with Crippen LogP contribution in [0.15, 0.2) is 12.3 Å². The maximum Gasteiger partial charge on any atom is 0.167 e. The number of halogens is 2. The first-order valence-corrected chi connectivity index (χ1v) is 8.73. The summed E-state index contributed by atoms with van der Waals surface area (Å²) in [6.07, 6.45) is 13.9. The summed E-state index contributed by atoms with van der Waals surface area (Å²) in [5.41, 5.74) is 0. The van der Waals surface area contributed by atoms with Crippen molar-refractivity contribution in [1.29, 1.82) is 0 Å². The first kappa shape index (κ1) is 15.1. The average molecular weight is 311 g/mol. The van der Waals surface area contributed by atoms with Gasteiger partial charge in [0.1, 0.15) is 0 Å². The standard InChI is InChI=1S/C17H24ClFN2/c18-13-11-16(19)17(20-12-13)21(14-7-3-1-4-8-14)15-9-5-2-6-10-15/h11-12,14-15H,1-10H2. The minimum atomic E-state index is -0.265. The van der Waals surface area contributed by atoms with Gasteiger partial charge in [0.25, 0.3) is 0 Å². The van der Waals surface area contributed by atoms with Crippen molar-refractivity contribution in [2.24, 2.45) is 0 Å². The summed E-state index contributed by atoms with van der Waals surface area (Å²) in [6, 6.07) is 2.30. The Labute approximate surface area is 131 Å². The van der Waals surface area contributed by atoms with Gasteiger partial charge in [0.15, 0.2) is 11.6 Å². The molecule has 0 spiro atoms. The summed E-state index contributed by atoms with van der Waals surface area (Å²) >= 11 is 5.87. The molecule has 21 heavy (non-hydrogen) atoms. The molecule has 2 aliphatic carbocycles. The van der Waals surface area contributed by atoms with Crippen LogP contribution in [0.4, 0.5) is 10.2 Å². The summed E-state index contributed by atoms with van der Waals surface area (Å²) in [5, 5.41) is 0.378. The molecule has 3 rings (SSSR count). The highest BCUT2D eigenvalue weighted by molar-refractivity contribution is 6.30. The minimum absolute atomic E-state index is 0.265. The minimum Gasteiger partial charge on any atom is -0.348 e. The van der Waals surface area contributed by atoms with Gasteiger partial charge in [-0.3, -0.25) is 0 Å². The second-order valence-electron chi connectivity index (χ2n) is 6.45. The van der Waals surface area contributed by atoms with Crippen molar-refractivity contribution in [3.8, 4) is 0 Å². The van der Waals surface area contributed by atoms with Crippen LogP contribution in [0.25, 0.3) is 0 Å². The second-order valence-corrected chi connectivity index (χ2v) is 6.89. The molecule has 0 saturated heterocycles. The topological polar surface area (TPSA) is 16.1 Å². The molecule has 2 fully saturated rings. The van der Waals surface area contributed by atoms with Gasteiger partial charge in [-0.05, 0) is 31.7 Å². The van der Waals surface area contributed by atoms with Crippen molar-refractivity contribution in [1.82, 2.24) is 4.98 Å². The molecule has 0 atom stereocenters. The van der Waals surface area contributed by atoms with Crippen LogP contribution in [-0.4, -0.2) is 17.1 Å². The lowest BCUT2D eigenvalue weighted by Gasteiger charge is -2.42. The molecular weight excluding hydrogens is 287 g/mol. The van der Waals surface area contributed by atoms with Crippen LogP contribution in [0.5, 0.6) is 0 Å². The van der Waals surface area contributed by atoms with Crippen molar-refractivity contribution < 1.29 is 4.39 Å². The van der Waals surface area contributed by atoms with Crippen molar-refractivity contribution in [3.63, 3.8) is 0 Å². The van der Waals surface area contributed by atoms with E-state index in [2.05, 4.69) is 9.88 Å². The van der Waals surface area contributed by atoms with E-state index in [9.17, 15) is 4.39 Å². The van der Waals surface area contributed by atoms with Crippen LogP contribution in [0.2, 0.25) is 5.02 Å². The Morgan fingerprint density at radius 3 is 1.95 bits per heavy atom. The average Bonchev–Trinajstić information content (AvgIpc) is 2.52. The maximum atomic E-state index is 14.4. The molecule has 0 radical (unpaired) electrons. The van der Waals surface area contributed by atoms with Gasteiger partial charge in [-0.1, -0.05) is 50.1 Å². The van der Waals surface area contributed by atoms with E-state index in [0.29, 0.717) is 22.9 Å². The summed E-state index contributed by atoms with van der Waals surface area (Å²) in [6.45, 7) is 0. The van der Waals surface area contributed by atoms with E-state index in [1.807, 2.05) is 0 Å². The Morgan fingerprint density at radius 1 is 0.952 bits per heavy atom. The van der Waals surface area contributed by atoms with Crippen molar-refractivity contribution in [2.75, 3.05) is 4.90 Å². The van der Waals surface area contributed by atoms with E-state index in [0.717, 1.165) is 0 Å². The Balaban J connectivity index is 1.89. The lowest BCUT2D eigenvalue weighted by atomic mass is 9.88. The van der Waals surface area contributed by atoms with Crippen LogP contribution >= 0.6 is 11.6 Å². The summed E-state index contributed by atoms with van der Waals surface area (Å²) < 4.78 is 14.4. The third-order valence-electron chi connectivity index (χ3n) is 4.97. The molecule has 0 unspecified atom stereocenters. The molecule has 0 amide bonds. The predicted octanol–water partition coefficient (Wildman–Crippen LogP) is 5.35. The molecule has 0 bridgehead atoms. The van der Waals surface area contributed by atoms with E-state index in [-0.39, 0.29) is 5.82 Å². The van der Waals surface area contributed by atoms with Gasteiger partial charge in [0.05, 0.1) is 5.02 Å². The zero-order chi connectivity index (χ0) is 14.7. The molecule has 1 aromatic heterocycles. The highest BCUT2D eigenvalue weighted by Gasteiger charge is 2.31. The Hall–Kier alpha value is -0.830. The number of nitrogens with zero attached hydrogens (tertiary/aromatic N) is 2. The Morgan fingerprint density at radius 2 is 1.48 bits per heavy atom. The largest absolute Gasteiger partial charge is 0.348 e. The Bertz CT molecular complexity index is 450. The summed E-state index contributed by atoms with van der Waals surface area (Å²) in [5.74, 6) is 0.261. The molecule has 4 heteroatoms. The van der Waals surface area contributed by atoms with Gasteiger partial charge < -0.3 is 4.90 Å². The number of hydrogen-bond donors (Lipinski definition) is 0. The van der Waals surface area contributed by atoms with Gasteiger partial charge in [-0.25, -0.2) is 9.37 Å². The first-order chi connectivity index (χ1) is 10.3. The molecule has 1 heterocycles. The van der Waals surface area contributed by atoms with Crippen molar-refractivity contribution >= 4 is 17.4 Å². The van der Waals surface area contributed by atoms with Gasteiger partial charge in [-0.2, -0.15) is 0 Å². The van der Waals surface area contributed by atoms with Gasteiger partial charge >= 0.3 is 0 Å². The predicted molar refractivity (Wildman–Crippen MR) is 85.4 cm³/mol. The highest BCUT2D eigenvalue weighted by Crippen LogP contribution is 2.34. The van der Waals surface area contributed by atoms with Crippen LogP contribution in [0.1, 0.15) is 64.2 Å². The zero-order valence-electron chi connectivity index (χ0n) is 12.5. The van der Waals surface area contributed by atoms with Crippen molar-refractivity contribution in [2.45, 2.75) is 76.3 Å². The summed E-state index contributed by atoms with van der Waals surface area (Å²) in [4.78, 5) is 6.66. The lowest BCUT2D eigenvalue weighted by Crippen LogP contribution is -2.46. The van der Waals surface area contributed by atoms with E-state index in [4.69, 9.17) is 11.6 Å². The number of rotatable bonds is 3. The SMILES string of the molecule is Fc1cc(Cl)cnc1N(C1CCCCC1)C1CCCCC1. The van der Waals surface area contributed by atoms with Gasteiger partial charge in [0.2, 0.25) is 0 Å². The lowest BCUT2D eigenvalue weighted by molar-refractivity contribution is 0.334. The zero-order valence-corrected chi connectivity index (χ0v) is 13.3. The van der Waals surface area contributed by atoms with Gasteiger partial charge in [0, 0.05) is 18.3 Å². The Kier molecular flexibility index (Phi) is 4.99. The highest BCUT2D eigenvalue weighted by atomic mass is 35.5. The second kappa shape index (κ2) is 6.95. The van der Waals surface area contributed by atoms with E-state index >= 15 is 0 Å². The third kappa shape index (κ3) is 3.50. The molecule has 116 valence electrons. The summed E-state index contributed by atoms with van der Waals surface area (Å²) in [7, 11) is 0. The molecule has 0 aromatic carbocycles.